The zero-order valence-corrected chi connectivity index (χ0v) is 12.1. The minimum absolute atomic E-state index is 0.291. The first-order valence-corrected chi connectivity index (χ1v) is 6.68. The molecule has 3 heteroatoms. The van der Waals surface area contributed by atoms with Crippen LogP contribution in [-0.4, -0.2) is 21.7 Å². The van der Waals surface area contributed by atoms with Gasteiger partial charge in [0.15, 0.2) is 0 Å². The van der Waals surface area contributed by atoms with Gasteiger partial charge in [0.2, 0.25) is 0 Å². The third kappa shape index (κ3) is 3.31. The lowest BCUT2D eigenvalue weighted by Crippen LogP contribution is -2.47. The number of aliphatic hydroxyl groups is 1. The summed E-state index contributed by atoms with van der Waals surface area (Å²) in [7, 11) is 0. The van der Waals surface area contributed by atoms with Crippen molar-refractivity contribution in [2.24, 2.45) is 0 Å². The monoisotopic (exact) mass is 258 g/mol. The predicted octanol–water partition coefficient (Wildman–Crippen LogP) is 2.79. The highest BCUT2D eigenvalue weighted by molar-refractivity contribution is 5.79. The zero-order chi connectivity index (χ0) is 14.0. The molecule has 0 radical (unpaired) electrons. The van der Waals surface area contributed by atoms with Crippen molar-refractivity contribution in [3.05, 3.63) is 41.6 Å². The van der Waals surface area contributed by atoms with Gasteiger partial charge >= 0.3 is 0 Å². The van der Waals surface area contributed by atoms with E-state index >= 15 is 0 Å². The molecule has 1 atom stereocenters. The van der Waals surface area contributed by atoms with E-state index in [0.717, 1.165) is 23.1 Å². The second-order valence-corrected chi connectivity index (χ2v) is 5.73. The number of aliphatic hydroxyl groups excluding tert-OH is 1. The van der Waals surface area contributed by atoms with Crippen molar-refractivity contribution >= 4 is 10.9 Å². The van der Waals surface area contributed by atoms with E-state index in [4.69, 9.17) is 0 Å². The molecule has 2 aromatic rings. The molecule has 1 aromatic carbocycles. The Bertz CT molecular complexity index is 576. The molecule has 0 bridgehead atoms. The quantitative estimate of drug-likeness (QED) is 0.886. The van der Waals surface area contributed by atoms with Crippen LogP contribution in [0.2, 0.25) is 0 Å². The van der Waals surface area contributed by atoms with E-state index in [1.54, 1.807) is 6.92 Å². The van der Waals surface area contributed by atoms with Crippen molar-refractivity contribution in [2.75, 3.05) is 0 Å². The third-order valence-corrected chi connectivity index (χ3v) is 3.69. The molecule has 2 N–H and O–H groups in total. The molecule has 1 unspecified atom stereocenters. The number of hydrogen-bond acceptors (Lipinski definition) is 3. The van der Waals surface area contributed by atoms with E-state index in [9.17, 15) is 5.11 Å². The summed E-state index contributed by atoms with van der Waals surface area (Å²) in [5, 5.41) is 14.2. The molecular weight excluding hydrogens is 236 g/mol. The van der Waals surface area contributed by atoms with Crippen molar-refractivity contribution in [1.82, 2.24) is 10.3 Å². The summed E-state index contributed by atoms with van der Waals surface area (Å²) < 4.78 is 0. The Morgan fingerprint density at radius 2 is 2.00 bits per heavy atom. The normalized spacial score (nSPS) is 13.7. The lowest BCUT2D eigenvalue weighted by molar-refractivity contribution is 0.0956. The molecule has 0 aliphatic rings. The molecule has 0 fully saturated rings. The summed E-state index contributed by atoms with van der Waals surface area (Å²) in [6.07, 6.45) is -0.391. The van der Waals surface area contributed by atoms with Crippen molar-refractivity contribution < 1.29 is 5.11 Å². The third-order valence-electron chi connectivity index (χ3n) is 3.69. The molecule has 0 spiro atoms. The standard InChI is InChI=1S/C16H22N2O/c1-11-5-7-14-9-13(6-8-15(14)18-11)10-17-16(3,4)12(2)19/h5-9,12,17,19H,10H2,1-4H3. The first kappa shape index (κ1) is 14.0. The summed E-state index contributed by atoms with van der Waals surface area (Å²) in [4.78, 5) is 4.49. The first-order valence-electron chi connectivity index (χ1n) is 6.68. The predicted molar refractivity (Wildman–Crippen MR) is 79.1 cm³/mol. The van der Waals surface area contributed by atoms with Gasteiger partial charge in [0, 0.05) is 23.2 Å². The van der Waals surface area contributed by atoms with Crippen LogP contribution >= 0.6 is 0 Å². The number of fused-ring (bicyclic) bond motifs is 1. The van der Waals surface area contributed by atoms with Crippen LogP contribution in [-0.2, 0) is 6.54 Å². The van der Waals surface area contributed by atoms with Crippen molar-refractivity contribution in [3.8, 4) is 0 Å². The van der Waals surface area contributed by atoms with E-state index < -0.39 is 6.10 Å². The van der Waals surface area contributed by atoms with Gasteiger partial charge in [-0.25, -0.2) is 0 Å². The summed E-state index contributed by atoms with van der Waals surface area (Å²) in [6, 6.07) is 10.4. The van der Waals surface area contributed by atoms with Gasteiger partial charge in [0.25, 0.3) is 0 Å². The minimum Gasteiger partial charge on any atom is -0.392 e. The Balaban J connectivity index is 2.16. The van der Waals surface area contributed by atoms with E-state index in [2.05, 4.69) is 34.6 Å². The van der Waals surface area contributed by atoms with Crippen molar-refractivity contribution in [3.63, 3.8) is 0 Å². The summed E-state index contributed by atoms with van der Waals surface area (Å²) in [5.74, 6) is 0. The number of hydrogen-bond donors (Lipinski definition) is 2. The smallest absolute Gasteiger partial charge is 0.0705 e. The molecule has 0 aliphatic carbocycles. The average Bonchev–Trinajstić information content (AvgIpc) is 2.36. The number of rotatable bonds is 4. The van der Waals surface area contributed by atoms with Gasteiger partial charge in [0.1, 0.15) is 0 Å². The molecule has 0 saturated heterocycles. The number of aromatic nitrogens is 1. The van der Waals surface area contributed by atoms with Crippen LogP contribution in [0.3, 0.4) is 0 Å². The molecule has 1 aromatic heterocycles. The van der Waals surface area contributed by atoms with Crippen LogP contribution in [0.1, 0.15) is 32.0 Å². The molecule has 1 heterocycles. The molecule has 0 aliphatic heterocycles. The Kier molecular flexibility index (Phi) is 3.88. The molecule has 0 saturated carbocycles. The highest BCUT2D eigenvalue weighted by atomic mass is 16.3. The average molecular weight is 258 g/mol. The Labute approximate surface area is 114 Å². The number of nitrogens with zero attached hydrogens (tertiary/aromatic N) is 1. The Hall–Kier alpha value is -1.45. The Morgan fingerprint density at radius 1 is 1.26 bits per heavy atom. The molecule has 102 valence electrons. The second-order valence-electron chi connectivity index (χ2n) is 5.73. The van der Waals surface area contributed by atoms with Crippen LogP contribution in [0.5, 0.6) is 0 Å². The van der Waals surface area contributed by atoms with E-state index in [1.165, 1.54) is 5.56 Å². The highest BCUT2D eigenvalue weighted by Crippen LogP contribution is 2.16. The molecule has 19 heavy (non-hydrogen) atoms. The maximum atomic E-state index is 9.69. The lowest BCUT2D eigenvalue weighted by Gasteiger charge is -2.29. The lowest BCUT2D eigenvalue weighted by atomic mass is 9.98. The number of nitrogens with one attached hydrogen (secondary N) is 1. The second kappa shape index (κ2) is 5.27. The van der Waals surface area contributed by atoms with Crippen molar-refractivity contribution in [1.29, 1.82) is 0 Å². The summed E-state index contributed by atoms with van der Waals surface area (Å²) in [6.45, 7) is 8.55. The first-order chi connectivity index (χ1) is 8.88. The Morgan fingerprint density at radius 3 is 2.68 bits per heavy atom. The van der Waals surface area contributed by atoms with Gasteiger partial charge in [-0.1, -0.05) is 12.1 Å². The van der Waals surface area contributed by atoms with Crippen molar-refractivity contribution in [2.45, 2.75) is 45.9 Å². The number of aryl methyl sites for hydroxylation is 1. The number of pyridine rings is 1. The van der Waals surface area contributed by atoms with E-state index in [0.29, 0.717) is 0 Å². The van der Waals surface area contributed by atoms with Gasteiger partial charge in [-0.15, -0.1) is 0 Å². The fraction of sp³-hybridized carbons (Fsp3) is 0.438. The van der Waals surface area contributed by atoms with Crippen LogP contribution in [0, 0.1) is 6.92 Å². The van der Waals surface area contributed by atoms with E-state index in [1.807, 2.05) is 26.8 Å². The van der Waals surface area contributed by atoms with Crippen LogP contribution in [0.15, 0.2) is 30.3 Å². The zero-order valence-electron chi connectivity index (χ0n) is 12.1. The van der Waals surface area contributed by atoms with Gasteiger partial charge in [-0.05, 0) is 51.5 Å². The highest BCUT2D eigenvalue weighted by Gasteiger charge is 2.22. The van der Waals surface area contributed by atoms with E-state index in [-0.39, 0.29) is 5.54 Å². The molecular formula is C16H22N2O. The maximum Gasteiger partial charge on any atom is 0.0705 e. The topological polar surface area (TPSA) is 45.1 Å². The van der Waals surface area contributed by atoms with Gasteiger partial charge in [-0.2, -0.15) is 0 Å². The fourth-order valence-corrected chi connectivity index (χ4v) is 1.86. The fourth-order valence-electron chi connectivity index (χ4n) is 1.86. The molecule has 0 amide bonds. The van der Waals surface area contributed by atoms with Gasteiger partial charge in [-0.3, -0.25) is 4.98 Å². The van der Waals surface area contributed by atoms with Gasteiger partial charge in [0.05, 0.1) is 11.6 Å². The van der Waals surface area contributed by atoms with Gasteiger partial charge < -0.3 is 10.4 Å². The molecule has 2 rings (SSSR count). The maximum absolute atomic E-state index is 9.69. The molecule has 3 nitrogen and oxygen atoms in total. The SMILES string of the molecule is Cc1ccc2cc(CNC(C)(C)C(C)O)ccc2n1. The summed E-state index contributed by atoms with van der Waals surface area (Å²) in [5.41, 5.74) is 2.97. The van der Waals surface area contributed by atoms with Crippen LogP contribution in [0.4, 0.5) is 0 Å². The number of benzene rings is 1. The largest absolute Gasteiger partial charge is 0.392 e. The minimum atomic E-state index is -0.391. The van der Waals surface area contributed by atoms with Crippen LogP contribution < -0.4 is 5.32 Å². The van der Waals surface area contributed by atoms with Crippen LogP contribution in [0.25, 0.3) is 10.9 Å². The summed E-state index contributed by atoms with van der Waals surface area (Å²) >= 11 is 0.